The van der Waals surface area contributed by atoms with E-state index in [-0.39, 0.29) is 11.7 Å². The van der Waals surface area contributed by atoms with Crippen LogP contribution in [0, 0.1) is 12.8 Å². The molecule has 0 fully saturated rings. The first-order valence-corrected chi connectivity index (χ1v) is 10.7. The third-order valence-corrected chi connectivity index (χ3v) is 5.09. The molecule has 1 N–H and O–H groups in total. The highest BCUT2D eigenvalue weighted by molar-refractivity contribution is 6.06. The van der Waals surface area contributed by atoms with Crippen molar-refractivity contribution in [1.29, 1.82) is 0 Å². The molecular formula is C25H29NO7. The number of hydrogen-bond acceptors (Lipinski definition) is 7. The summed E-state index contributed by atoms with van der Waals surface area (Å²) < 4.78 is 21.6. The van der Waals surface area contributed by atoms with Gasteiger partial charge in [-0.15, -0.1) is 0 Å². The number of alkyl carbamates (subject to hydrolysis) is 1. The minimum Gasteiger partial charge on any atom is -0.497 e. The number of hydrogen-bond donors (Lipinski definition) is 1. The summed E-state index contributed by atoms with van der Waals surface area (Å²) in [5, 5.41) is 4.38. The van der Waals surface area contributed by atoms with Crippen LogP contribution in [-0.2, 0) is 9.53 Å². The second kappa shape index (κ2) is 9.13. The number of rotatable bonds is 5. The van der Waals surface area contributed by atoms with Crippen LogP contribution in [0.2, 0.25) is 0 Å². The van der Waals surface area contributed by atoms with Crippen molar-refractivity contribution in [2.45, 2.75) is 53.2 Å². The molecule has 176 valence electrons. The number of amides is 1. The molecule has 1 heterocycles. The van der Waals surface area contributed by atoms with Crippen LogP contribution >= 0.6 is 0 Å². The van der Waals surface area contributed by atoms with E-state index in [1.165, 1.54) is 7.11 Å². The Labute approximate surface area is 191 Å². The molecule has 0 spiro atoms. The first-order valence-electron chi connectivity index (χ1n) is 10.7. The van der Waals surface area contributed by atoms with E-state index in [1.54, 1.807) is 71.9 Å². The molecule has 1 amide bonds. The molecule has 33 heavy (non-hydrogen) atoms. The fourth-order valence-corrected chi connectivity index (χ4v) is 3.43. The lowest BCUT2D eigenvalue weighted by atomic mass is 10.0. The van der Waals surface area contributed by atoms with E-state index in [0.29, 0.717) is 33.1 Å². The van der Waals surface area contributed by atoms with Crippen molar-refractivity contribution in [3.8, 4) is 11.5 Å². The zero-order valence-electron chi connectivity index (χ0n) is 19.9. The largest absolute Gasteiger partial charge is 0.497 e. The molecule has 8 nitrogen and oxygen atoms in total. The Morgan fingerprint density at radius 2 is 1.70 bits per heavy atom. The van der Waals surface area contributed by atoms with Gasteiger partial charge >= 0.3 is 17.7 Å². The standard InChI is InChI=1S/C25H29NO7/c1-13(2)20(26-24(29)33-25(4,5)6)23(28)31-19-11-10-17-16-9-8-15(30-7)12-18(16)22(27)32-21(17)14(19)3/h8-13,20H,1-7H3,(H,26,29). The lowest BCUT2D eigenvalue weighted by Crippen LogP contribution is -2.48. The highest BCUT2D eigenvalue weighted by atomic mass is 16.6. The molecule has 3 rings (SSSR count). The van der Waals surface area contributed by atoms with Crippen molar-refractivity contribution >= 4 is 33.8 Å². The molecule has 0 radical (unpaired) electrons. The summed E-state index contributed by atoms with van der Waals surface area (Å²) in [6, 6.07) is 7.63. The average molecular weight is 456 g/mol. The van der Waals surface area contributed by atoms with Gasteiger partial charge in [0.2, 0.25) is 0 Å². The topological polar surface area (TPSA) is 104 Å². The predicted molar refractivity (Wildman–Crippen MR) is 125 cm³/mol. The van der Waals surface area contributed by atoms with E-state index in [4.69, 9.17) is 18.6 Å². The molecule has 0 aliphatic rings. The van der Waals surface area contributed by atoms with E-state index in [0.717, 1.165) is 0 Å². The minimum atomic E-state index is -0.925. The summed E-state index contributed by atoms with van der Waals surface area (Å²) in [5.74, 6) is -0.109. The Bertz CT molecular complexity index is 1270. The highest BCUT2D eigenvalue weighted by Crippen LogP contribution is 2.32. The highest BCUT2D eigenvalue weighted by Gasteiger charge is 2.29. The van der Waals surface area contributed by atoms with Crippen LogP contribution in [0.3, 0.4) is 0 Å². The number of carbonyl (C=O) groups is 2. The number of fused-ring (bicyclic) bond motifs is 3. The molecule has 0 saturated heterocycles. The fraction of sp³-hybridized carbons (Fsp3) is 0.400. The zero-order valence-corrected chi connectivity index (χ0v) is 19.9. The van der Waals surface area contributed by atoms with Gasteiger partial charge in [0, 0.05) is 16.3 Å². The Morgan fingerprint density at radius 1 is 1.03 bits per heavy atom. The van der Waals surface area contributed by atoms with Gasteiger partial charge in [0.25, 0.3) is 0 Å². The lowest BCUT2D eigenvalue weighted by molar-refractivity contribution is -0.138. The maximum Gasteiger partial charge on any atom is 0.408 e. The van der Waals surface area contributed by atoms with Crippen LogP contribution in [0.15, 0.2) is 39.5 Å². The Hall–Kier alpha value is -3.55. The number of nitrogens with one attached hydrogen (secondary N) is 1. The maximum atomic E-state index is 12.9. The molecule has 0 aliphatic carbocycles. The predicted octanol–water partition coefficient (Wildman–Crippen LogP) is 4.72. The van der Waals surface area contributed by atoms with Crippen molar-refractivity contribution in [3.63, 3.8) is 0 Å². The van der Waals surface area contributed by atoms with Gasteiger partial charge in [0.05, 0.1) is 12.5 Å². The molecule has 0 saturated carbocycles. The summed E-state index contributed by atoms with van der Waals surface area (Å²) >= 11 is 0. The fourth-order valence-electron chi connectivity index (χ4n) is 3.43. The molecule has 1 aromatic heterocycles. The summed E-state index contributed by atoms with van der Waals surface area (Å²) in [5.41, 5.74) is -0.399. The van der Waals surface area contributed by atoms with Crippen molar-refractivity contribution in [3.05, 3.63) is 46.3 Å². The molecule has 2 aromatic carbocycles. The minimum absolute atomic E-state index is 0.236. The summed E-state index contributed by atoms with van der Waals surface area (Å²) in [6.07, 6.45) is -0.707. The monoisotopic (exact) mass is 455 g/mol. The average Bonchev–Trinajstić information content (AvgIpc) is 2.72. The number of methoxy groups -OCH3 is 1. The van der Waals surface area contributed by atoms with Crippen LogP contribution in [0.5, 0.6) is 11.5 Å². The molecule has 0 aliphatic heterocycles. The lowest BCUT2D eigenvalue weighted by Gasteiger charge is -2.24. The van der Waals surface area contributed by atoms with Crippen molar-refractivity contribution < 1.29 is 28.2 Å². The van der Waals surface area contributed by atoms with Gasteiger partial charge in [-0.05, 0) is 63.9 Å². The number of aryl methyl sites for hydroxylation is 1. The van der Waals surface area contributed by atoms with Crippen LogP contribution in [0.4, 0.5) is 4.79 Å². The Balaban J connectivity index is 1.94. The second-order valence-electron chi connectivity index (χ2n) is 9.16. The van der Waals surface area contributed by atoms with Gasteiger partial charge in [0.15, 0.2) is 0 Å². The maximum absolute atomic E-state index is 12.9. The van der Waals surface area contributed by atoms with Gasteiger partial charge < -0.3 is 23.9 Å². The number of carbonyl (C=O) groups excluding carboxylic acids is 2. The third kappa shape index (κ3) is 5.27. The number of ether oxygens (including phenoxy) is 3. The molecule has 8 heteroatoms. The summed E-state index contributed by atoms with van der Waals surface area (Å²) in [7, 11) is 1.52. The van der Waals surface area contributed by atoms with Crippen LogP contribution in [0.25, 0.3) is 21.7 Å². The summed E-state index contributed by atoms with van der Waals surface area (Å²) in [4.78, 5) is 37.7. The second-order valence-corrected chi connectivity index (χ2v) is 9.16. The number of esters is 1. The van der Waals surface area contributed by atoms with Crippen molar-refractivity contribution in [1.82, 2.24) is 5.32 Å². The quantitative estimate of drug-likeness (QED) is 0.257. The Morgan fingerprint density at radius 3 is 2.30 bits per heavy atom. The van der Waals surface area contributed by atoms with Crippen molar-refractivity contribution in [2.24, 2.45) is 5.92 Å². The van der Waals surface area contributed by atoms with Crippen LogP contribution in [0.1, 0.15) is 40.2 Å². The van der Waals surface area contributed by atoms with E-state index in [2.05, 4.69) is 5.32 Å². The summed E-state index contributed by atoms with van der Waals surface area (Å²) in [6.45, 7) is 10.5. The third-order valence-electron chi connectivity index (χ3n) is 5.09. The molecule has 0 bridgehead atoms. The molecule has 3 aromatic rings. The van der Waals surface area contributed by atoms with Crippen LogP contribution in [-0.4, -0.2) is 30.8 Å². The van der Waals surface area contributed by atoms with Gasteiger partial charge in [-0.1, -0.05) is 13.8 Å². The molecule has 1 unspecified atom stereocenters. The van der Waals surface area contributed by atoms with E-state index in [1.807, 2.05) is 0 Å². The van der Waals surface area contributed by atoms with Gasteiger partial charge in [0.1, 0.15) is 28.7 Å². The van der Waals surface area contributed by atoms with Crippen molar-refractivity contribution in [2.75, 3.05) is 7.11 Å². The SMILES string of the molecule is COc1ccc2c(c1)c(=O)oc1c(C)c(OC(=O)C(NC(=O)OC(C)(C)C)C(C)C)ccc12. The first-order chi connectivity index (χ1) is 15.4. The molecule has 1 atom stereocenters. The smallest absolute Gasteiger partial charge is 0.408 e. The number of benzene rings is 2. The zero-order chi connectivity index (χ0) is 24.5. The normalized spacial score (nSPS) is 12.6. The van der Waals surface area contributed by atoms with Crippen LogP contribution < -0.4 is 20.4 Å². The first kappa shape index (κ1) is 24.1. The van der Waals surface area contributed by atoms with Gasteiger partial charge in [-0.3, -0.25) is 0 Å². The van der Waals surface area contributed by atoms with Gasteiger partial charge in [-0.2, -0.15) is 0 Å². The van der Waals surface area contributed by atoms with E-state index in [9.17, 15) is 14.4 Å². The molecular weight excluding hydrogens is 426 g/mol. The Kier molecular flexibility index (Phi) is 6.67. The van der Waals surface area contributed by atoms with E-state index < -0.39 is 29.3 Å². The van der Waals surface area contributed by atoms with Gasteiger partial charge in [-0.25, -0.2) is 14.4 Å². The van der Waals surface area contributed by atoms with E-state index >= 15 is 0 Å².